The first-order valence-electron chi connectivity index (χ1n) is 11.9. The van der Waals surface area contributed by atoms with E-state index in [0.29, 0.717) is 17.0 Å². The molecule has 2 aliphatic rings. The van der Waals surface area contributed by atoms with Crippen molar-refractivity contribution in [1.82, 2.24) is 0 Å². The number of ether oxygens (including phenoxy) is 2. The van der Waals surface area contributed by atoms with Crippen molar-refractivity contribution < 1.29 is 14.3 Å². The van der Waals surface area contributed by atoms with E-state index in [1.165, 1.54) is 12.7 Å². The zero-order valence-corrected chi connectivity index (χ0v) is 20.8. The van der Waals surface area contributed by atoms with Crippen LogP contribution in [0.3, 0.4) is 0 Å². The Morgan fingerprint density at radius 1 is 1.12 bits per heavy atom. The quantitative estimate of drug-likeness (QED) is 0.414. The number of anilines is 1. The van der Waals surface area contributed by atoms with Gasteiger partial charge in [0.15, 0.2) is 5.75 Å². The Kier molecular flexibility index (Phi) is 5.01. The van der Waals surface area contributed by atoms with Gasteiger partial charge in [0.05, 0.1) is 18.7 Å². The summed E-state index contributed by atoms with van der Waals surface area (Å²) in [6.07, 6.45) is 2.81. The Morgan fingerprint density at radius 2 is 1.82 bits per heavy atom. The molecule has 2 atom stereocenters. The van der Waals surface area contributed by atoms with Gasteiger partial charge in [0.25, 0.3) is 0 Å². The average molecular weight is 457 g/mol. The van der Waals surface area contributed by atoms with E-state index in [9.17, 15) is 4.79 Å². The maximum atomic E-state index is 12.9. The van der Waals surface area contributed by atoms with E-state index in [2.05, 4.69) is 63.8 Å². The molecule has 3 aromatic rings. The largest absolute Gasteiger partial charge is 0.465 e. The molecule has 176 valence electrons. The minimum absolute atomic E-state index is 0.00510. The second kappa shape index (κ2) is 7.59. The number of carbonyl (C=O) groups excluding carboxylic acids is 1. The van der Waals surface area contributed by atoms with Crippen LogP contribution in [0.1, 0.15) is 57.0 Å². The lowest BCUT2D eigenvalue weighted by Gasteiger charge is -2.49. The van der Waals surface area contributed by atoms with Crippen LogP contribution in [0.2, 0.25) is 0 Å². The van der Waals surface area contributed by atoms with E-state index in [4.69, 9.17) is 14.5 Å². The first-order valence-corrected chi connectivity index (χ1v) is 11.9. The van der Waals surface area contributed by atoms with Crippen LogP contribution in [0.15, 0.2) is 59.6 Å². The Balaban J connectivity index is 1.80. The fourth-order valence-corrected chi connectivity index (χ4v) is 5.48. The number of esters is 1. The SMILES string of the molecule is CCC1(C)c2ccccc2N(CC(C)(C)C)C12C=Nc1c(c(C(=O)OC)cc3ccccc13)O2. The van der Waals surface area contributed by atoms with Crippen LogP contribution < -0.4 is 9.64 Å². The monoisotopic (exact) mass is 456 g/mol. The standard InChI is InChI=1S/C29H32N2O3/c1-7-28(5)22-14-10-11-15-23(22)31(18-27(2,3)4)29(28)17-30-24-20-13-9-8-12-19(20)16-21(25(24)34-29)26(32)33-6/h8-17H,7,18H2,1-6H3. The van der Waals surface area contributed by atoms with Gasteiger partial charge in [-0.3, -0.25) is 4.99 Å². The maximum absolute atomic E-state index is 12.9. The van der Waals surface area contributed by atoms with Crippen molar-refractivity contribution in [2.75, 3.05) is 18.6 Å². The summed E-state index contributed by atoms with van der Waals surface area (Å²) in [4.78, 5) is 20.3. The highest BCUT2D eigenvalue weighted by Gasteiger charge is 2.62. The number of carbonyl (C=O) groups is 1. The smallest absolute Gasteiger partial charge is 0.341 e. The van der Waals surface area contributed by atoms with Crippen molar-refractivity contribution in [3.8, 4) is 5.75 Å². The van der Waals surface area contributed by atoms with E-state index in [1.807, 2.05) is 36.5 Å². The number of methoxy groups -OCH3 is 1. The Hall–Kier alpha value is -3.34. The van der Waals surface area contributed by atoms with Gasteiger partial charge in [-0.2, -0.15) is 0 Å². The zero-order valence-electron chi connectivity index (χ0n) is 20.8. The van der Waals surface area contributed by atoms with Crippen LogP contribution in [0, 0.1) is 5.41 Å². The van der Waals surface area contributed by atoms with Crippen molar-refractivity contribution in [1.29, 1.82) is 0 Å². The number of benzene rings is 3. The molecule has 0 amide bonds. The van der Waals surface area contributed by atoms with Gasteiger partial charge in [0.1, 0.15) is 11.3 Å². The summed E-state index contributed by atoms with van der Waals surface area (Å²) in [6.45, 7) is 11.9. The molecule has 2 unspecified atom stereocenters. The van der Waals surface area contributed by atoms with Crippen LogP contribution in [-0.4, -0.2) is 31.6 Å². The molecule has 34 heavy (non-hydrogen) atoms. The van der Waals surface area contributed by atoms with E-state index in [-0.39, 0.29) is 10.8 Å². The summed E-state index contributed by atoms with van der Waals surface area (Å²) in [7, 11) is 1.40. The molecule has 0 aliphatic carbocycles. The summed E-state index contributed by atoms with van der Waals surface area (Å²) < 4.78 is 12.2. The third-order valence-corrected chi connectivity index (χ3v) is 7.33. The first-order chi connectivity index (χ1) is 16.1. The lowest BCUT2D eigenvalue weighted by Crippen LogP contribution is -2.64. The lowest BCUT2D eigenvalue weighted by atomic mass is 9.73. The van der Waals surface area contributed by atoms with Gasteiger partial charge in [0.2, 0.25) is 5.72 Å². The molecule has 0 aromatic heterocycles. The van der Waals surface area contributed by atoms with Crippen molar-refractivity contribution in [3.05, 3.63) is 65.7 Å². The third kappa shape index (κ3) is 3.06. The number of fused-ring (bicyclic) bond motifs is 4. The first kappa shape index (κ1) is 22.5. The van der Waals surface area contributed by atoms with Gasteiger partial charge in [-0.25, -0.2) is 4.79 Å². The predicted molar refractivity (Wildman–Crippen MR) is 138 cm³/mol. The lowest BCUT2D eigenvalue weighted by molar-refractivity contribution is 0.0507. The van der Waals surface area contributed by atoms with Crippen molar-refractivity contribution in [2.45, 2.75) is 52.2 Å². The fraction of sp³-hybridized carbons (Fsp3) is 0.379. The van der Waals surface area contributed by atoms with Crippen molar-refractivity contribution >= 4 is 34.3 Å². The number of aliphatic imine (C=N–C) groups is 1. The Bertz CT molecular complexity index is 1320. The molecule has 0 fully saturated rings. The number of para-hydroxylation sites is 1. The normalized spacial score (nSPS) is 23.1. The molecule has 1 spiro atoms. The van der Waals surface area contributed by atoms with Crippen LogP contribution in [0.5, 0.6) is 5.75 Å². The highest BCUT2D eigenvalue weighted by Crippen LogP contribution is 2.57. The molecule has 0 saturated heterocycles. The fourth-order valence-electron chi connectivity index (χ4n) is 5.48. The minimum atomic E-state index is -0.878. The molecule has 0 radical (unpaired) electrons. The molecule has 2 heterocycles. The van der Waals surface area contributed by atoms with Gasteiger partial charge in [-0.1, -0.05) is 70.2 Å². The average Bonchev–Trinajstić information content (AvgIpc) is 3.02. The second-order valence-corrected chi connectivity index (χ2v) is 10.7. The maximum Gasteiger partial charge on any atom is 0.341 e. The summed E-state index contributed by atoms with van der Waals surface area (Å²) in [5.74, 6) is 0.0600. The minimum Gasteiger partial charge on any atom is -0.465 e. The molecule has 0 saturated carbocycles. The van der Waals surface area contributed by atoms with Crippen molar-refractivity contribution in [3.63, 3.8) is 0 Å². The number of hydrogen-bond donors (Lipinski definition) is 0. The molecule has 0 bridgehead atoms. The van der Waals surface area contributed by atoms with Crippen LogP contribution in [0.25, 0.3) is 10.8 Å². The molecule has 5 heteroatoms. The predicted octanol–water partition coefficient (Wildman–Crippen LogP) is 6.65. The zero-order chi connectivity index (χ0) is 24.3. The van der Waals surface area contributed by atoms with E-state index >= 15 is 0 Å². The Labute approximate surface area is 201 Å². The van der Waals surface area contributed by atoms with Crippen LogP contribution in [-0.2, 0) is 10.2 Å². The van der Waals surface area contributed by atoms with E-state index in [1.54, 1.807) is 0 Å². The summed E-state index contributed by atoms with van der Waals surface area (Å²) in [5.41, 5.74) is 2.21. The molecular weight excluding hydrogens is 424 g/mol. The number of hydrogen-bond acceptors (Lipinski definition) is 5. The van der Waals surface area contributed by atoms with Crippen LogP contribution >= 0.6 is 0 Å². The van der Waals surface area contributed by atoms with Crippen LogP contribution in [0.4, 0.5) is 11.4 Å². The molecular formula is C29H32N2O3. The molecule has 0 N–H and O–H groups in total. The summed E-state index contributed by atoms with van der Waals surface area (Å²) in [6, 6.07) is 18.3. The highest BCUT2D eigenvalue weighted by atomic mass is 16.5. The van der Waals surface area contributed by atoms with Gasteiger partial charge in [-0.05, 0) is 41.8 Å². The van der Waals surface area contributed by atoms with Gasteiger partial charge >= 0.3 is 5.97 Å². The summed E-state index contributed by atoms with van der Waals surface area (Å²) >= 11 is 0. The van der Waals surface area contributed by atoms with Gasteiger partial charge in [0, 0.05) is 17.6 Å². The number of rotatable bonds is 3. The molecule has 5 rings (SSSR count). The topological polar surface area (TPSA) is 51.1 Å². The number of nitrogens with zero attached hydrogens (tertiary/aromatic N) is 2. The highest BCUT2D eigenvalue weighted by molar-refractivity contribution is 6.07. The third-order valence-electron chi connectivity index (χ3n) is 7.33. The van der Waals surface area contributed by atoms with Gasteiger partial charge in [-0.15, -0.1) is 0 Å². The molecule has 3 aromatic carbocycles. The van der Waals surface area contributed by atoms with E-state index in [0.717, 1.165) is 29.4 Å². The second-order valence-electron chi connectivity index (χ2n) is 10.7. The summed E-state index contributed by atoms with van der Waals surface area (Å²) in [5, 5.41) is 1.88. The van der Waals surface area contributed by atoms with E-state index < -0.39 is 11.7 Å². The Morgan fingerprint density at radius 3 is 2.53 bits per heavy atom. The molecule has 5 nitrogen and oxygen atoms in total. The molecule has 2 aliphatic heterocycles. The van der Waals surface area contributed by atoms with Crippen molar-refractivity contribution in [2.24, 2.45) is 10.4 Å². The van der Waals surface area contributed by atoms with Gasteiger partial charge < -0.3 is 14.4 Å².